The van der Waals surface area contributed by atoms with Crippen molar-refractivity contribution in [2.24, 2.45) is 0 Å². The Morgan fingerprint density at radius 3 is 1.12 bits per heavy atom. The molecular formula is C60H102O6. The first-order chi connectivity index (χ1) is 32.5. The van der Waals surface area contributed by atoms with E-state index >= 15 is 0 Å². The summed E-state index contributed by atoms with van der Waals surface area (Å²) in [6.45, 7) is 6.36. The second-order valence-electron chi connectivity index (χ2n) is 18.2. The number of unbranched alkanes of at least 4 members (excludes halogenated alkanes) is 27. The van der Waals surface area contributed by atoms with Crippen molar-refractivity contribution >= 4 is 17.9 Å². The Morgan fingerprint density at radius 1 is 0.333 bits per heavy atom. The zero-order chi connectivity index (χ0) is 47.9. The summed E-state index contributed by atoms with van der Waals surface area (Å²) >= 11 is 0. The molecule has 6 nitrogen and oxygen atoms in total. The zero-order valence-corrected chi connectivity index (χ0v) is 43.2. The lowest BCUT2D eigenvalue weighted by atomic mass is 10.0. The van der Waals surface area contributed by atoms with Gasteiger partial charge in [-0.3, -0.25) is 14.4 Å². The highest BCUT2D eigenvalue weighted by Gasteiger charge is 2.19. The van der Waals surface area contributed by atoms with Crippen LogP contribution in [0.25, 0.3) is 0 Å². The van der Waals surface area contributed by atoms with Crippen molar-refractivity contribution in [2.75, 3.05) is 13.2 Å². The summed E-state index contributed by atoms with van der Waals surface area (Å²) in [5.41, 5.74) is 0. The Bertz CT molecular complexity index is 1290. The van der Waals surface area contributed by atoms with Crippen LogP contribution in [0, 0.1) is 0 Å². The molecule has 0 amide bonds. The van der Waals surface area contributed by atoms with Gasteiger partial charge in [-0.15, -0.1) is 0 Å². The molecular weight excluding hydrogens is 817 g/mol. The van der Waals surface area contributed by atoms with E-state index in [1.54, 1.807) is 0 Å². The predicted octanol–water partition coefficient (Wildman–Crippen LogP) is 18.4. The second-order valence-corrected chi connectivity index (χ2v) is 18.2. The van der Waals surface area contributed by atoms with Crippen LogP contribution in [0.15, 0.2) is 85.1 Å². The molecule has 1 unspecified atom stereocenters. The smallest absolute Gasteiger partial charge is 0.306 e. The average Bonchev–Trinajstić information content (AvgIpc) is 3.31. The van der Waals surface area contributed by atoms with Crippen molar-refractivity contribution in [2.45, 2.75) is 264 Å². The number of allylic oxidation sites excluding steroid dienone is 14. The molecule has 0 aromatic rings. The number of carbonyl (C=O) groups is 3. The maximum Gasteiger partial charge on any atom is 0.306 e. The molecule has 0 spiro atoms. The average molecular weight is 919 g/mol. The molecule has 0 aliphatic rings. The van der Waals surface area contributed by atoms with Crippen LogP contribution in [-0.4, -0.2) is 37.2 Å². The van der Waals surface area contributed by atoms with Crippen LogP contribution in [0.3, 0.4) is 0 Å². The molecule has 0 aliphatic heterocycles. The SMILES string of the molecule is CC/C=C/C=C/C=C/C=C/CCCCCC(=O)OCC(COC(=O)CCCCCCCCCCCCCCCCCCCCC)OC(=O)CCCCCCCC/C=C/C/C=C/C/C=C/CC. The fraction of sp³-hybridized carbons (Fsp3) is 0.717. The quantitative estimate of drug-likeness (QED) is 0.0199. The van der Waals surface area contributed by atoms with Crippen LogP contribution in [0.4, 0.5) is 0 Å². The Morgan fingerprint density at radius 2 is 0.667 bits per heavy atom. The summed E-state index contributed by atoms with van der Waals surface area (Å²) in [6, 6.07) is 0. The summed E-state index contributed by atoms with van der Waals surface area (Å²) in [5, 5.41) is 0. The Hall–Kier alpha value is -3.41. The van der Waals surface area contributed by atoms with E-state index in [1.807, 2.05) is 30.4 Å². The predicted molar refractivity (Wildman–Crippen MR) is 284 cm³/mol. The minimum absolute atomic E-state index is 0.0932. The maximum absolute atomic E-state index is 12.8. The van der Waals surface area contributed by atoms with Crippen LogP contribution < -0.4 is 0 Å². The van der Waals surface area contributed by atoms with Crippen LogP contribution >= 0.6 is 0 Å². The fourth-order valence-corrected chi connectivity index (χ4v) is 7.64. The van der Waals surface area contributed by atoms with Gasteiger partial charge in [-0.2, -0.15) is 0 Å². The van der Waals surface area contributed by atoms with Gasteiger partial charge in [-0.1, -0.05) is 254 Å². The Labute approximate surface area is 407 Å². The monoisotopic (exact) mass is 919 g/mol. The van der Waals surface area contributed by atoms with Crippen LogP contribution in [0.5, 0.6) is 0 Å². The highest BCUT2D eigenvalue weighted by molar-refractivity contribution is 5.71. The molecule has 378 valence electrons. The van der Waals surface area contributed by atoms with Gasteiger partial charge in [-0.25, -0.2) is 0 Å². The first kappa shape index (κ1) is 62.6. The van der Waals surface area contributed by atoms with E-state index < -0.39 is 6.10 Å². The van der Waals surface area contributed by atoms with Gasteiger partial charge in [0, 0.05) is 19.3 Å². The van der Waals surface area contributed by atoms with E-state index in [0.29, 0.717) is 19.3 Å². The van der Waals surface area contributed by atoms with Crippen LogP contribution in [0.2, 0.25) is 0 Å². The van der Waals surface area contributed by atoms with Crippen LogP contribution in [0.1, 0.15) is 258 Å². The summed E-state index contributed by atoms with van der Waals surface area (Å²) < 4.78 is 16.8. The van der Waals surface area contributed by atoms with E-state index in [4.69, 9.17) is 14.2 Å². The van der Waals surface area contributed by atoms with Crippen LogP contribution in [-0.2, 0) is 28.6 Å². The highest BCUT2D eigenvalue weighted by Crippen LogP contribution is 2.16. The number of hydrogen-bond donors (Lipinski definition) is 0. The lowest BCUT2D eigenvalue weighted by Gasteiger charge is -2.18. The normalized spacial score (nSPS) is 12.7. The largest absolute Gasteiger partial charge is 0.462 e. The lowest BCUT2D eigenvalue weighted by Crippen LogP contribution is -2.30. The zero-order valence-electron chi connectivity index (χ0n) is 43.2. The molecule has 0 N–H and O–H groups in total. The number of rotatable bonds is 49. The first-order valence-electron chi connectivity index (χ1n) is 27.6. The summed E-state index contributed by atoms with van der Waals surface area (Å²) in [4.78, 5) is 38.1. The molecule has 0 rings (SSSR count). The van der Waals surface area contributed by atoms with Crippen molar-refractivity contribution in [3.05, 3.63) is 85.1 Å². The van der Waals surface area contributed by atoms with Gasteiger partial charge >= 0.3 is 17.9 Å². The fourth-order valence-electron chi connectivity index (χ4n) is 7.64. The summed E-state index contributed by atoms with van der Waals surface area (Å²) in [7, 11) is 0. The molecule has 0 fully saturated rings. The Balaban J connectivity index is 4.40. The number of carbonyl (C=O) groups excluding carboxylic acids is 3. The Kier molecular flexibility index (Phi) is 51.4. The van der Waals surface area contributed by atoms with Crippen molar-refractivity contribution in [1.82, 2.24) is 0 Å². The van der Waals surface area contributed by atoms with Crippen molar-refractivity contribution < 1.29 is 28.6 Å². The van der Waals surface area contributed by atoms with Gasteiger partial charge in [0.15, 0.2) is 6.10 Å². The number of ether oxygens (including phenoxy) is 3. The van der Waals surface area contributed by atoms with Gasteiger partial charge in [0.2, 0.25) is 0 Å². The van der Waals surface area contributed by atoms with Gasteiger partial charge in [0.1, 0.15) is 13.2 Å². The molecule has 0 saturated heterocycles. The molecule has 6 heteroatoms. The van der Waals surface area contributed by atoms with E-state index in [2.05, 4.69) is 75.5 Å². The molecule has 0 aromatic heterocycles. The van der Waals surface area contributed by atoms with E-state index in [-0.39, 0.29) is 31.1 Å². The molecule has 0 bridgehead atoms. The topological polar surface area (TPSA) is 78.9 Å². The second kappa shape index (κ2) is 54.2. The molecule has 0 aliphatic carbocycles. The maximum atomic E-state index is 12.8. The van der Waals surface area contributed by atoms with Gasteiger partial charge in [0.25, 0.3) is 0 Å². The molecule has 0 saturated carbocycles. The van der Waals surface area contributed by atoms with E-state index in [1.165, 1.54) is 116 Å². The van der Waals surface area contributed by atoms with Gasteiger partial charge in [-0.05, 0) is 70.6 Å². The van der Waals surface area contributed by atoms with Crippen molar-refractivity contribution in [3.8, 4) is 0 Å². The van der Waals surface area contributed by atoms with Gasteiger partial charge < -0.3 is 14.2 Å². The van der Waals surface area contributed by atoms with Gasteiger partial charge in [0.05, 0.1) is 0 Å². The molecule has 0 radical (unpaired) electrons. The molecule has 0 heterocycles. The minimum Gasteiger partial charge on any atom is -0.462 e. The highest BCUT2D eigenvalue weighted by atomic mass is 16.6. The van der Waals surface area contributed by atoms with Crippen molar-refractivity contribution in [1.29, 1.82) is 0 Å². The lowest BCUT2D eigenvalue weighted by molar-refractivity contribution is -0.167. The number of esters is 3. The minimum atomic E-state index is -0.798. The summed E-state index contributed by atoms with van der Waals surface area (Å²) in [6.07, 6.45) is 70.0. The third-order valence-corrected chi connectivity index (χ3v) is 11.7. The van der Waals surface area contributed by atoms with E-state index in [9.17, 15) is 14.4 Å². The van der Waals surface area contributed by atoms with Crippen molar-refractivity contribution in [3.63, 3.8) is 0 Å². The third-order valence-electron chi connectivity index (χ3n) is 11.7. The van der Waals surface area contributed by atoms with E-state index in [0.717, 1.165) is 103 Å². The molecule has 0 aromatic carbocycles. The molecule has 1 atom stereocenters. The summed E-state index contributed by atoms with van der Waals surface area (Å²) in [5.74, 6) is -0.942. The standard InChI is InChI=1S/C60H102O6/c1-4-7-10-13-16-19-22-25-27-29-30-31-33-35-38-41-44-47-50-53-59(62)65-56-57(55-64-58(61)52-49-46-43-40-37-34-24-21-18-15-12-9-6-3)66-60(63)54-51-48-45-42-39-36-32-28-26-23-20-17-14-11-8-5-2/h8-9,11-12,15,17-18,20-21,24,26,28,34,37,57H,4-7,10,13-14,16,19,22-23,25,27,29-33,35-36,38-56H2,1-3H3/b11-8+,12-9+,18-15+,20-17+,24-21+,28-26+,37-34+. The third kappa shape index (κ3) is 51.6. The molecule has 66 heavy (non-hydrogen) atoms. The number of hydrogen-bond acceptors (Lipinski definition) is 6. The first-order valence-corrected chi connectivity index (χ1v) is 27.6.